The lowest BCUT2D eigenvalue weighted by molar-refractivity contribution is 0.0953. The maximum absolute atomic E-state index is 11.7. The molecule has 0 saturated carbocycles. The first-order valence-electron chi connectivity index (χ1n) is 5.20. The van der Waals surface area contributed by atoms with Crippen molar-refractivity contribution < 1.29 is 4.79 Å². The second kappa shape index (κ2) is 7.17. The summed E-state index contributed by atoms with van der Waals surface area (Å²) in [5.41, 5.74) is 0.734. The van der Waals surface area contributed by atoms with Crippen LogP contribution in [-0.4, -0.2) is 24.0 Å². The second-order valence-corrected chi connectivity index (χ2v) is 6.12. The molecule has 4 heteroatoms. The lowest BCUT2D eigenvalue weighted by Gasteiger charge is -2.09. The molecular weight excluding hydrogens is 333 g/mol. The third-order valence-electron chi connectivity index (χ3n) is 2.35. The summed E-state index contributed by atoms with van der Waals surface area (Å²) in [7, 11) is 0. The fourth-order valence-electron chi connectivity index (χ4n) is 1.21. The number of hydrogen-bond acceptors (Lipinski definition) is 2. The lowest BCUT2D eigenvalue weighted by atomic mass is 10.2. The Balaban J connectivity index is 2.38. The van der Waals surface area contributed by atoms with Gasteiger partial charge in [-0.25, -0.2) is 0 Å². The van der Waals surface area contributed by atoms with Crippen LogP contribution in [0, 0.1) is 3.57 Å². The van der Waals surface area contributed by atoms with Gasteiger partial charge in [0.15, 0.2) is 0 Å². The van der Waals surface area contributed by atoms with Gasteiger partial charge >= 0.3 is 0 Å². The molecule has 0 fully saturated rings. The zero-order chi connectivity index (χ0) is 12.0. The van der Waals surface area contributed by atoms with E-state index in [0.717, 1.165) is 22.1 Å². The summed E-state index contributed by atoms with van der Waals surface area (Å²) >= 11 is 4.05. The summed E-state index contributed by atoms with van der Waals surface area (Å²) in [5.74, 6) is 0.0182. The number of nitrogens with one attached hydrogen (secondary N) is 1. The Hall–Kier alpha value is -0.230. The van der Waals surface area contributed by atoms with E-state index in [1.807, 2.05) is 36.0 Å². The highest BCUT2D eigenvalue weighted by atomic mass is 127. The summed E-state index contributed by atoms with van der Waals surface area (Å²) < 4.78 is 1.14. The Morgan fingerprint density at radius 1 is 1.44 bits per heavy atom. The Morgan fingerprint density at radius 2 is 2.06 bits per heavy atom. The molecule has 0 heterocycles. The van der Waals surface area contributed by atoms with Gasteiger partial charge in [-0.1, -0.05) is 6.92 Å². The van der Waals surface area contributed by atoms with Crippen LogP contribution in [0.3, 0.4) is 0 Å². The Morgan fingerprint density at radius 3 is 2.62 bits per heavy atom. The largest absolute Gasteiger partial charge is 0.352 e. The molecule has 1 unspecified atom stereocenters. The van der Waals surface area contributed by atoms with E-state index in [1.54, 1.807) is 0 Å². The molecule has 0 bridgehead atoms. The minimum atomic E-state index is 0.0182. The van der Waals surface area contributed by atoms with Gasteiger partial charge < -0.3 is 5.32 Å². The molecule has 0 spiro atoms. The van der Waals surface area contributed by atoms with Gasteiger partial charge in [0.1, 0.15) is 0 Å². The van der Waals surface area contributed by atoms with Crippen molar-refractivity contribution in [3.05, 3.63) is 33.4 Å². The van der Waals surface area contributed by atoms with Crippen molar-refractivity contribution in [3.63, 3.8) is 0 Å². The number of thioether (sulfide) groups is 1. The van der Waals surface area contributed by atoms with Crippen molar-refractivity contribution in [1.82, 2.24) is 5.32 Å². The van der Waals surface area contributed by atoms with Gasteiger partial charge in [-0.05, 0) is 59.5 Å². The molecule has 0 aliphatic rings. The maximum Gasteiger partial charge on any atom is 0.251 e. The van der Waals surface area contributed by atoms with E-state index in [0.29, 0.717) is 5.25 Å². The van der Waals surface area contributed by atoms with Crippen molar-refractivity contribution in [2.24, 2.45) is 0 Å². The van der Waals surface area contributed by atoms with E-state index in [2.05, 4.69) is 41.1 Å². The molecule has 88 valence electrons. The fraction of sp³-hybridized carbons (Fsp3) is 0.417. The zero-order valence-corrected chi connectivity index (χ0v) is 12.5. The number of halogens is 1. The van der Waals surface area contributed by atoms with Crippen molar-refractivity contribution >= 4 is 40.3 Å². The third kappa shape index (κ3) is 4.74. The molecule has 2 nitrogen and oxygen atoms in total. The molecule has 0 aliphatic carbocycles. The maximum atomic E-state index is 11.7. The summed E-state index contributed by atoms with van der Waals surface area (Å²) in [6.07, 6.45) is 3.10. The number of hydrogen-bond donors (Lipinski definition) is 1. The molecule has 0 saturated heterocycles. The Labute approximate surface area is 115 Å². The van der Waals surface area contributed by atoms with E-state index in [-0.39, 0.29) is 5.91 Å². The van der Waals surface area contributed by atoms with Crippen LogP contribution in [0.2, 0.25) is 0 Å². The average molecular weight is 349 g/mol. The summed E-state index contributed by atoms with van der Waals surface area (Å²) in [6.45, 7) is 2.91. The summed E-state index contributed by atoms with van der Waals surface area (Å²) in [5, 5.41) is 3.52. The summed E-state index contributed by atoms with van der Waals surface area (Å²) in [4.78, 5) is 11.7. The number of rotatable bonds is 5. The normalized spacial score (nSPS) is 12.2. The SMILES string of the molecule is CSC(C)CCNC(=O)c1ccc(I)cc1. The van der Waals surface area contributed by atoms with Gasteiger partial charge in [0.05, 0.1) is 0 Å². The van der Waals surface area contributed by atoms with E-state index in [4.69, 9.17) is 0 Å². The third-order valence-corrected chi connectivity index (χ3v) is 4.10. The quantitative estimate of drug-likeness (QED) is 0.828. The highest BCUT2D eigenvalue weighted by Crippen LogP contribution is 2.09. The minimum absolute atomic E-state index is 0.0182. The van der Waals surface area contributed by atoms with E-state index >= 15 is 0 Å². The minimum Gasteiger partial charge on any atom is -0.352 e. The predicted molar refractivity (Wildman–Crippen MR) is 79.1 cm³/mol. The first-order chi connectivity index (χ1) is 7.63. The monoisotopic (exact) mass is 349 g/mol. The Bertz CT molecular complexity index is 339. The Kier molecular flexibility index (Phi) is 6.20. The number of carbonyl (C=O) groups is 1. The van der Waals surface area contributed by atoms with Crippen LogP contribution in [-0.2, 0) is 0 Å². The van der Waals surface area contributed by atoms with E-state index < -0.39 is 0 Å². The zero-order valence-electron chi connectivity index (χ0n) is 9.50. The van der Waals surface area contributed by atoms with Gasteiger partial charge in [0, 0.05) is 20.9 Å². The van der Waals surface area contributed by atoms with Crippen LogP contribution in [0.5, 0.6) is 0 Å². The van der Waals surface area contributed by atoms with Crippen LogP contribution < -0.4 is 5.32 Å². The average Bonchev–Trinajstić information content (AvgIpc) is 2.29. The molecule has 1 amide bonds. The van der Waals surface area contributed by atoms with Gasteiger partial charge in [-0.3, -0.25) is 4.79 Å². The number of carbonyl (C=O) groups excluding carboxylic acids is 1. The van der Waals surface area contributed by atoms with Crippen LogP contribution in [0.25, 0.3) is 0 Å². The van der Waals surface area contributed by atoms with Gasteiger partial charge in [-0.2, -0.15) is 11.8 Å². The number of benzene rings is 1. The first-order valence-corrected chi connectivity index (χ1v) is 7.56. The molecule has 16 heavy (non-hydrogen) atoms. The number of amides is 1. The van der Waals surface area contributed by atoms with Gasteiger partial charge in [-0.15, -0.1) is 0 Å². The van der Waals surface area contributed by atoms with Crippen molar-refractivity contribution in [2.45, 2.75) is 18.6 Å². The molecule has 1 aromatic carbocycles. The van der Waals surface area contributed by atoms with Crippen molar-refractivity contribution in [2.75, 3.05) is 12.8 Å². The van der Waals surface area contributed by atoms with Crippen LogP contribution in [0.1, 0.15) is 23.7 Å². The van der Waals surface area contributed by atoms with Crippen LogP contribution >= 0.6 is 34.4 Å². The molecule has 1 aromatic rings. The lowest BCUT2D eigenvalue weighted by Crippen LogP contribution is -2.25. The summed E-state index contributed by atoms with van der Waals surface area (Å²) in [6, 6.07) is 7.60. The standard InChI is InChI=1S/C12H16INOS/c1-9(16-2)7-8-14-12(15)10-3-5-11(13)6-4-10/h3-6,9H,7-8H2,1-2H3,(H,14,15). The van der Waals surface area contributed by atoms with E-state index in [9.17, 15) is 4.79 Å². The molecule has 0 aliphatic heterocycles. The van der Waals surface area contributed by atoms with E-state index in [1.165, 1.54) is 0 Å². The molecular formula is C12H16INOS. The van der Waals surface area contributed by atoms with Gasteiger partial charge in [0.2, 0.25) is 0 Å². The van der Waals surface area contributed by atoms with Crippen LogP contribution in [0.4, 0.5) is 0 Å². The molecule has 1 N–H and O–H groups in total. The van der Waals surface area contributed by atoms with Crippen molar-refractivity contribution in [1.29, 1.82) is 0 Å². The van der Waals surface area contributed by atoms with Gasteiger partial charge in [0.25, 0.3) is 5.91 Å². The molecule has 0 radical (unpaired) electrons. The highest BCUT2D eigenvalue weighted by Gasteiger charge is 2.05. The smallest absolute Gasteiger partial charge is 0.251 e. The predicted octanol–water partition coefficient (Wildman–Crippen LogP) is 3.16. The highest BCUT2D eigenvalue weighted by molar-refractivity contribution is 14.1. The fourth-order valence-corrected chi connectivity index (χ4v) is 1.92. The van der Waals surface area contributed by atoms with Crippen molar-refractivity contribution in [3.8, 4) is 0 Å². The molecule has 1 atom stereocenters. The second-order valence-electron chi connectivity index (χ2n) is 3.60. The first kappa shape index (κ1) is 13.8. The topological polar surface area (TPSA) is 29.1 Å². The molecule has 1 rings (SSSR count). The van der Waals surface area contributed by atoms with Crippen LogP contribution in [0.15, 0.2) is 24.3 Å². The molecule has 0 aromatic heterocycles.